The Morgan fingerprint density at radius 1 is 1.00 bits per heavy atom. The van der Waals surface area contributed by atoms with Crippen molar-refractivity contribution in [3.63, 3.8) is 0 Å². The van der Waals surface area contributed by atoms with Crippen LogP contribution in [0.1, 0.15) is 77.1 Å². The molecule has 0 aliphatic heterocycles. The minimum absolute atomic E-state index is 0.0507. The summed E-state index contributed by atoms with van der Waals surface area (Å²) < 4.78 is 5.47. The van der Waals surface area contributed by atoms with Gasteiger partial charge in [0.15, 0.2) is 0 Å². The van der Waals surface area contributed by atoms with Crippen LogP contribution in [0.25, 0.3) is 0 Å². The van der Waals surface area contributed by atoms with E-state index in [1.54, 1.807) is 49.6 Å². The van der Waals surface area contributed by atoms with Gasteiger partial charge >= 0.3 is 6.09 Å². The van der Waals surface area contributed by atoms with Crippen molar-refractivity contribution in [2.24, 2.45) is 0 Å². The second kappa shape index (κ2) is 13.9. The maximum Gasteiger partial charge on any atom is 0.408 e. The van der Waals surface area contributed by atoms with Gasteiger partial charge in [0.05, 0.1) is 0 Å². The third-order valence-corrected chi connectivity index (χ3v) is 7.44. The molecule has 40 heavy (non-hydrogen) atoms. The van der Waals surface area contributed by atoms with E-state index in [0.29, 0.717) is 29.8 Å². The van der Waals surface area contributed by atoms with E-state index >= 15 is 0 Å². The number of aryl methyl sites for hydroxylation is 2. The van der Waals surface area contributed by atoms with Gasteiger partial charge in [0.1, 0.15) is 23.4 Å². The number of nitrogens with zero attached hydrogens (tertiary/aromatic N) is 1. The van der Waals surface area contributed by atoms with Crippen molar-refractivity contribution in [1.82, 2.24) is 10.2 Å². The molecule has 0 bridgehead atoms. The molecule has 2 atom stereocenters. The lowest BCUT2D eigenvalue weighted by atomic mass is 9.91. The van der Waals surface area contributed by atoms with E-state index in [4.69, 9.17) is 4.74 Å². The van der Waals surface area contributed by atoms with E-state index in [9.17, 15) is 19.5 Å². The number of carbonyl (C=O) groups excluding carboxylic acids is 3. The molecule has 0 heterocycles. The molecule has 220 valence electrons. The van der Waals surface area contributed by atoms with E-state index in [1.807, 2.05) is 59.1 Å². The Balaban J connectivity index is 2.65. The number of ether oxygens (including phenoxy) is 1. The summed E-state index contributed by atoms with van der Waals surface area (Å²) >= 11 is 1.56. The molecule has 2 aromatic carbocycles. The highest BCUT2D eigenvalue weighted by molar-refractivity contribution is 7.98. The van der Waals surface area contributed by atoms with Crippen molar-refractivity contribution in [3.05, 3.63) is 59.2 Å². The van der Waals surface area contributed by atoms with Crippen LogP contribution in [-0.2, 0) is 14.3 Å². The summed E-state index contributed by atoms with van der Waals surface area (Å²) in [5, 5.41) is 15.8. The number of thioether (sulfide) groups is 1. The van der Waals surface area contributed by atoms with Gasteiger partial charge < -0.3 is 25.4 Å². The van der Waals surface area contributed by atoms with Gasteiger partial charge in [-0.2, -0.15) is 11.8 Å². The van der Waals surface area contributed by atoms with Gasteiger partial charge in [-0.05, 0) is 102 Å². The van der Waals surface area contributed by atoms with Crippen LogP contribution in [0.2, 0.25) is 0 Å². The quantitative estimate of drug-likeness (QED) is 0.290. The first kappa shape index (κ1) is 33.0. The minimum atomic E-state index is -1.04. The number of hydrogen-bond donors (Lipinski definition) is 3. The molecular formula is C31H45N3O5S. The molecule has 0 saturated carbocycles. The Morgan fingerprint density at radius 2 is 1.57 bits per heavy atom. The third-order valence-electron chi connectivity index (χ3n) is 6.80. The maximum atomic E-state index is 14.4. The average molecular weight is 572 g/mol. The second-order valence-corrected chi connectivity index (χ2v) is 12.6. The summed E-state index contributed by atoms with van der Waals surface area (Å²) in [6.07, 6.45) is 2.14. The van der Waals surface area contributed by atoms with E-state index in [1.165, 1.54) is 12.1 Å². The minimum Gasteiger partial charge on any atom is -0.508 e. The van der Waals surface area contributed by atoms with Crippen molar-refractivity contribution in [1.29, 1.82) is 0 Å². The van der Waals surface area contributed by atoms with Crippen LogP contribution in [0.5, 0.6) is 5.75 Å². The zero-order valence-corrected chi connectivity index (χ0v) is 26.1. The zero-order valence-electron chi connectivity index (χ0n) is 25.3. The summed E-state index contributed by atoms with van der Waals surface area (Å²) in [5.41, 5.74) is 1.51. The van der Waals surface area contributed by atoms with Gasteiger partial charge in [-0.25, -0.2) is 4.79 Å². The highest BCUT2D eigenvalue weighted by Crippen LogP contribution is 2.34. The number of phenols is 1. The Labute approximate surface area is 243 Å². The molecule has 2 aromatic rings. The summed E-state index contributed by atoms with van der Waals surface area (Å²) in [7, 11) is 0. The lowest BCUT2D eigenvalue weighted by Crippen LogP contribution is -2.59. The van der Waals surface area contributed by atoms with Gasteiger partial charge in [-0.15, -0.1) is 0 Å². The first-order chi connectivity index (χ1) is 18.6. The molecule has 2 rings (SSSR count). The Kier molecular flexibility index (Phi) is 11.5. The normalized spacial score (nSPS) is 13.2. The molecule has 0 aliphatic carbocycles. The number of benzene rings is 2. The molecule has 0 aliphatic rings. The van der Waals surface area contributed by atoms with Crippen molar-refractivity contribution in [2.45, 2.75) is 91.5 Å². The standard InChI is InChI=1S/C31H45N3O5S/c1-10-31(7,8)34(28(37)24(18-19-40-9)32-29(38)39-30(4,5)6)26(22-14-16-23(35)17-15-22)27(36)33-25-20(2)12-11-13-21(25)3/h11-17,24,26,35H,10,18-19H2,1-9H3,(H,32,38)(H,33,36). The third kappa shape index (κ3) is 8.91. The first-order valence-electron chi connectivity index (χ1n) is 13.6. The number of carbonyl (C=O) groups is 3. The summed E-state index contributed by atoms with van der Waals surface area (Å²) in [6.45, 7) is 14.9. The number of phenolic OH excluding ortho intramolecular Hbond substituents is 1. The molecule has 3 amide bonds. The Bertz CT molecular complexity index is 1150. The van der Waals surface area contributed by atoms with Gasteiger partial charge in [0.25, 0.3) is 5.91 Å². The molecule has 8 nitrogen and oxygen atoms in total. The van der Waals surface area contributed by atoms with Crippen LogP contribution >= 0.6 is 11.8 Å². The van der Waals surface area contributed by atoms with Crippen LogP contribution in [0.15, 0.2) is 42.5 Å². The summed E-state index contributed by atoms with van der Waals surface area (Å²) in [4.78, 5) is 43.0. The molecule has 0 radical (unpaired) electrons. The number of aromatic hydroxyl groups is 1. The number of nitrogens with one attached hydrogen (secondary N) is 2. The number of alkyl carbamates (subject to hydrolysis) is 1. The van der Waals surface area contributed by atoms with Gasteiger partial charge in [0.2, 0.25) is 5.91 Å². The largest absolute Gasteiger partial charge is 0.508 e. The fraction of sp³-hybridized carbons (Fsp3) is 0.516. The fourth-order valence-corrected chi connectivity index (χ4v) is 4.81. The van der Waals surface area contributed by atoms with Crippen LogP contribution in [0.3, 0.4) is 0 Å². The smallest absolute Gasteiger partial charge is 0.408 e. The van der Waals surface area contributed by atoms with Crippen LogP contribution in [-0.4, -0.2) is 57.1 Å². The van der Waals surface area contributed by atoms with E-state index in [-0.39, 0.29) is 17.6 Å². The summed E-state index contributed by atoms with van der Waals surface area (Å²) in [6, 6.07) is 10.1. The number of para-hydroxylation sites is 1. The van der Waals surface area contributed by atoms with E-state index < -0.39 is 29.3 Å². The predicted octanol–water partition coefficient (Wildman–Crippen LogP) is 6.35. The predicted molar refractivity (Wildman–Crippen MR) is 163 cm³/mol. The highest BCUT2D eigenvalue weighted by atomic mass is 32.2. The second-order valence-electron chi connectivity index (χ2n) is 11.6. The molecule has 2 unspecified atom stereocenters. The monoisotopic (exact) mass is 571 g/mol. The van der Waals surface area contributed by atoms with Crippen molar-refractivity contribution >= 4 is 35.4 Å². The van der Waals surface area contributed by atoms with Gasteiger partial charge in [-0.1, -0.05) is 37.3 Å². The molecule has 0 fully saturated rings. The number of anilines is 1. The van der Waals surface area contributed by atoms with E-state index in [0.717, 1.165) is 11.1 Å². The SMILES string of the molecule is CCC(C)(C)N(C(=O)C(CCSC)NC(=O)OC(C)(C)C)C(C(=O)Nc1c(C)cccc1C)c1ccc(O)cc1. The lowest BCUT2D eigenvalue weighted by molar-refractivity contribution is -0.147. The van der Waals surface area contributed by atoms with E-state index in [2.05, 4.69) is 10.6 Å². The molecule has 3 N–H and O–H groups in total. The lowest BCUT2D eigenvalue weighted by Gasteiger charge is -2.44. The van der Waals surface area contributed by atoms with Crippen LogP contribution < -0.4 is 10.6 Å². The van der Waals surface area contributed by atoms with Crippen LogP contribution in [0, 0.1) is 13.8 Å². The van der Waals surface area contributed by atoms with Crippen molar-refractivity contribution in [3.8, 4) is 5.75 Å². The number of amides is 3. The average Bonchev–Trinajstić information content (AvgIpc) is 2.86. The fourth-order valence-electron chi connectivity index (χ4n) is 4.33. The Hall–Kier alpha value is -3.20. The maximum absolute atomic E-state index is 14.4. The molecule has 0 spiro atoms. The van der Waals surface area contributed by atoms with Gasteiger partial charge in [-0.3, -0.25) is 9.59 Å². The topological polar surface area (TPSA) is 108 Å². The molecule has 9 heteroatoms. The highest BCUT2D eigenvalue weighted by Gasteiger charge is 2.43. The Morgan fingerprint density at radius 3 is 2.08 bits per heavy atom. The zero-order chi connectivity index (χ0) is 30.3. The first-order valence-corrected chi connectivity index (χ1v) is 15.0. The molecule has 0 saturated heterocycles. The molecular weight excluding hydrogens is 526 g/mol. The summed E-state index contributed by atoms with van der Waals surface area (Å²) in [5.74, 6) is -0.111. The number of rotatable bonds is 11. The number of hydrogen-bond acceptors (Lipinski definition) is 6. The van der Waals surface area contributed by atoms with Gasteiger partial charge in [0, 0.05) is 11.2 Å². The van der Waals surface area contributed by atoms with Crippen LogP contribution in [0.4, 0.5) is 10.5 Å². The molecule has 0 aromatic heterocycles. The van der Waals surface area contributed by atoms with Crippen molar-refractivity contribution in [2.75, 3.05) is 17.3 Å². The van der Waals surface area contributed by atoms with Crippen molar-refractivity contribution < 1.29 is 24.2 Å².